The molecule has 0 aromatic carbocycles. The van der Waals surface area contributed by atoms with Crippen LogP contribution in [0.1, 0.15) is 80.8 Å². The number of carbonyl (C=O) groups excluding carboxylic acids is 1. The topological polar surface area (TPSA) is 93.8 Å². The first-order valence-corrected chi connectivity index (χ1v) is 13.4. The second-order valence-corrected chi connectivity index (χ2v) is 12.1. The number of nitrogens with zero attached hydrogens (tertiary/aromatic N) is 2. The predicted octanol–water partition coefficient (Wildman–Crippen LogP) is 5.25. The van der Waals surface area contributed by atoms with E-state index in [9.17, 15) is 19.9 Å². The Hall–Kier alpha value is -3.05. The summed E-state index contributed by atoms with van der Waals surface area (Å²) in [4.78, 5) is 28.6. The van der Waals surface area contributed by atoms with E-state index < -0.39 is 5.97 Å². The number of amides is 1. The first-order chi connectivity index (χ1) is 17.0. The zero-order valence-corrected chi connectivity index (χ0v) is 22.1. The van der Waals surface area contributed by atoms with Crippen LogP contribution in [0.4, 0.5) is 5.69 Å². The van der Waals surface area contributed by atoms with Crippen molar-refractivity contribution < 1.29 is 24.2 Å². The Morgan fingerprint density at radius 2 is 1.92 bits per heavy atom. The molecule has 0 saturated heterocycles. The van der Waals surface area contributed by atoms with Gasteiger partial charge in [0, 0.05) is 36.3 Å². The third kappa shape index (κ3) is 6.19. The third-order valence-electron chi connectivity index (χ3n) is 6.82. The molecule has 0 unspecified atom stereocenters. The number of carbonyl (C=O) groups is 2. The van der Waals surface area contributed by atoms with Gasteiger partial charge in [0.25, 0.3) is 0 Å². The number of carboxylic acid groups (broad SMARTS) is 1. The van der Waals surface area contributed by atoms with E-state index in [-0.39, 0.29) is 34.3 Å². The minimum atomic E-state index is -1.05. The molecule has 1 amide bonds. The van der Waals surface area contributed by atoms with Gasteiger partial charge >= 0.3 is 5.97 Å². The van der Waals surface area contributed by atoms with Gasteiger partial charge in [-0.2, -0.15) is 4.73 Å². The highest BCUT2D eigenvalue weighted by Gasteiger charge is 2.42. The molecule has 7 nitrogen and oxygen atoms in total. The molecule has 0 aliphatic heterocycles. The van der Waals surface area contributed by atoms with Crippen LogP contribution in [0.15, 0.2) is 30.6 Å². The minimum Gasteiger partial charge on any atom is -0.619 e. The Labute approximate surface area is 216 Å². The lowest BCUT2D eigenvalue weighted by molar-refractivity contribution is -0.605. The Morgan fingerprint density at radius 3 is 2.53 bits per heavy atom. The van der Waals surface area contributed by atoms with Crippen LogP contribution in [-0.4, -0.2) is 29.1 Å². The molecule has 1 N–H and O–H groups in total. The number of aromatic carboxylic acids is 1. The van der Waals surface area contributed by atoms with Crippen LogP contribution in [0.3, 0.4) is 0 Å². The minimum absolute atomic E-state index is 0.00177. The highest BCUT2D eigenvalue weighted by molar-refractivity contribution is 7.15. The van der Waals surface area contributed by atoms with Gasteiger partial charge in [-0.1, -0.05) is 18.8 Å². The lowest BCUT2D eigenvalue weighted by atomic mass is 9.80. The highest BCUT2D eigenvalue weighted by atomic mass is 32.1. The molecule has 192 valence electrons. The van der Waals surface area contributed by atoms with Crippen LogP contribution in [-0.2, 0) is 4.79 Å². The van der Waals surface area contributed by atoms with Gasteiger partial charge in [0.15, 0.2) is 11.9 Å². The summed E-state index contributed by atoms with van der Waals surface area (Å²) in [6.07, 6.45) is 7.41. The molecular weight excluding hydrogens is 476 g/mol. The number of pyridine rings is 1. The molecule has 2 aliphatic rings. The quantitative estimate of drug-likeness (QED) is 0.326. The fraction of sp³-hybridized carbons (Fsp3) is 0.536. The average molecular weight is 511 g/mol. The number of aromatic nitrogens is 1. The molecule has 2 aliphatic carbocycles. The summed E-state index contributed by atoms with van der Waals surface area (Å²) in [5, 5.41) is 21.6. The standard InChI is InChI=1S/C28H34N2O5S/c1-18-7-9-19(10-8-18)26(31)30(20-14-22(15-20)35-21-6-5-13-29(34)17-21)24-16-23(11-12-28(2,3)4)36-25(24)27(32)33/h5-6,13,16-20,22H,7-10,14-15H2,1-4H3,(H,32,33). The van der Waals surface area contributed by atoms with Gasteiger partial charge in [-0.25, -0.2) is 4.79 Å². The van der Waals surface area contributed by atoms with Crippen molar-refractivity contribution in [2.24, 2.45) is 17.3 Å². The van der Waals surface area contributed by atoms with Crippen molar-refractivity contribution in [1.82, 2.24) is 0 Å². The van der Waals surface area contributed by atoms with E-state index >= 15 is 0 Å². The van der Waals surface area contributed by atoms with E-state index in [1.54, 1.807) is 23.1 Å². The molecular formula is C28H34N2O5S. The Bertz CT molecular complexity index is 1170. The van der Waals surface area contributed by atoms with Crippen molar-refractivity contribution in [3.05, 3.63) is 45.6 Å². The molecule has 0 atom stereocenters. The smallest absolute Gasteiger partial charge is 0.348 e. The van der Waals surface area contributed by atoms with Gasteiger partial charge < -0.3 is 20.0 Å². The lowest BCUT2D eigenvalue weighted by Crippen LogP contribution is -2.54. The molecule has 4 rings (SSSR count). The zero-order chi connectivity index (χ0) is 26.0. The first-order valence-electron chi connectivity index (χ1n) is 12.6. The summed E-state index contributed by atoms with van der Waals surface area (Å²) in [6.45, 7) is 8.22. The number of hydrogen-bond acceptors (Lipinski definition) is 5. The number of thiophene rings is 1. The highest BCUT2D eigenvalue weighted by Crippen LogP contribution is 2.40. The van der Waals surface area contributed by atoms with Gasteiger partial charge in [-0.3, -0.25) is 4.79 Å². The summed E-state index contributed by atoms with van der Waals surface area (Å²) >= 11 is 1.12. The number of carboxylic acids is 1. The van der Waals surface area contributed by atoms with Crippen molar-refractivity contribution in [3.63, 3.8) is 0 Å². The monoisotopic (exact) mass is 510 g/mol. The van der Waals surface area contributed by atoms with Crippen molar-refractivity contribution in [3.8, 4) is 17.6 Å². The molecule has 2 fully saturated rings. The Kier molecular flexibility index (Phi) is 7.60. The predicted molar refractivity (Wildman–Crippen MR) is 139 cm³/mol. The maximum atomic E-state index is 13.9. The van der Waals surface area contributed by atoms with Crippen LogP contribution < -0.4 is 14.4 Å². The van der Waals surface area contributed by atoms with E-state index in [0.717, 1.165) is 37.0 Å². The second-order valence-electron chi connectivity index (χ2n) is 11.1. The molecule has 0 bridgehead atoms. The Balaban J connectivity index is 1.61. The van der Waals surface area contributed by atoms with Gasteiger partial charge in [-0.05, 0) is 64.5 Å². The SMILES string of the molecule is CC1CCC(C(=O)N(c2cc(C#CC(C)(C)C)sc2C(=O)O)C2CC(Oc3ccc[n+]([O-])c3)C2)CC1. The van der Waals surface area contributed by atoms with Crippen LogP contribution in [0.5, 0.6) is 5.75 Å². The van der Waals surface area contributed by atoms with Crippen LogP contribution in [0, 0.1) is 34.3 Å². The largest absolute Gasteiger partial charge is 0.619 e. The van der Waals surface area contributed by atoms with E-state index in [2.05, 4.69) is 18.8 Å². The van der Waals surface area contributed by atoms with Crippen molar-refractivity contribution in [2.75, 3.05) is 4.90 Å². The molecule has 8 heteroatoms. The fourth-order valence-corrected chi connectivity index (χ4v) is 5.61. The fourth-order valence-electron chi connectivity index (χ4n) is 4.76. The summed E-state index contributed by atoms with van der Waals surface area (Å²) < 4.78 is 6.64. The van der Waals surface area contributed by atoms with Gasteiger partial charge in [0.1, 0.15) is 11.0 Å². The maximum Gasteiger partial charge on any atom is 0.348 e. The van der Waals surface area contributed by atoms with E-state index in [4.69, 9.17) is 4.74 Å². The average Bonchev–Trinajstić information content (AvgIpc) is 3.20. The van der Waals surface area contributed by atoms with Crippen molar-refractivity contribution in [1.29, 1.82) is 0 Å². The van der Waals surface area contributed by atoms with E-state index in [0.29, 0.717) is 39.8 Å². The summed E-state index contributed by atoms with van der Waals surface area (Å²) in [6, 6.07) is 4.96. The first kappa shape index (κ1) is 26.0. The van der Waals surface area contributed by atoms with Crippen molar-refractivity contribution >= 4 is 28.9 Å². The molecule has 2 saturated carbocycles. The third-order valence-corrected chi connectivity index (χ3v) is 7.84. The lowest BCUT2D eigenvalue weighted by Gasteiger charge is -2.44. The van der Waals surface area contributed by atoms with Gasteiger partial charge in [0.2, 0.25) is 12.1 Å². The van der Waals surface area contributed by atoms with Gasteiger partial charge in [-0.15, -0.1) is 11.3 Å². The van der Waals surface area contributed by atoms with E-state index in [1.165, 1.54) is 12.4 Å². The molecule has 0 radical (unpaired) electrons. The number of hydrogen-bond donors (Lipinski definition) is 1. The van der Waals surface area contributed by atoms with Gasteiger partial charge in [0.05, 0.1) is 10.6 Å². The van der Waals surface area contributed by atoms with Crippen LogP contribution in [0.25, 0.3) is 0 Å². The summed E-state index contributed by atoms with van der Waals surface area (Å²) in [7, 11) is 0. The van der Waals surface area contributed by atoms with Crippen molar-refractivity contribution in [2.45, 2.75) is 78.4 Å². The summed E-state index contributed by atoms with van der Waals surface area (Å²) in [5.74, 6) is 6.20. The maximum absolute atomic E-state index is 13.9. The molecule has 2 aromatic heterocycles. The zero-order valence-electron chi connectivity index (χ0n) is 21.3. The molecule has 2 heterocycles. The molecule has 2 aromatic rings. The van der Waals surface area contributed by atoms with E-state index in [1.807, 2.05) is 20.8 Å². The normalized spacial score (nSPS) is 23.7. The molecule has 0 spiro atoms. The number of rotatable bonds is 6. The number of anilines is 1. The van der Waals surface area contributed by atoms with Crippen LogP contribution >= 0.6 is 11.3 Å². The molecule has 36 heavy (non-hydrogen) atoms. The van der Waals surface area contributed by atoms with Crippen LogP contribution in [0.2, 0.25) is 0 Å². The second kappa shape index (κ2) is 10.5. The number of ether oxygens (including phenoxy) is 1. The Morgan fingerprint density at radius 1 is 1.22 bits per heavy atom. The summed E-state index contributed by atoms with van der Waals surface area (Å²) in [5.41, 5.74) is 0.218.